The standard InChI is InChI=1S/C26H30N4O7S2/c1-14-7-9-16(10-8-14)30-22(24(33)37-28-30)38-15(2)20(31)27-21-19(23(32)35-6)17-11-12-29(13-18(17)39-21)25(34)36-26(3,4)5/h7-10,15H,11-13H2,1-6H3,(H-,27,28,31,32,33)/p+1. The molecule has 0 saturated heterocycles. The van der Waals surface area contributed by atoms with Crippen LogP contribution in [0.1, 0.15) is 54.1 Å². The van der Waals surface area contributed by atoms with E-state index in [1.807, 2.05) is 31.2 Å². The first kappa shape index (κ1) is 28.4. The maximum Gasteiger partial charge on any atom is 0.442 e. The van der Waals surface area contributed by atoms with Gasteiger partial charge < -0.3 is 19.7 Å². The zero-order valence-corrected chi connectivity index (χ0v) is 24.2. The SMILES string of the molecule is COC(=O)c1c(NC(=O)C(C)Sc2c(=O)o[nH][n+]2-c2ccc(C)cc2)sc2c1CCN(C(=O)OC(C)(C)C)C2. The number of H-pyrrole nitrogens is 1. The van der Waals surface area contributed by atoms with Crippen molar-refractivity contribution in [3.05, 3.63) is 56.3 Å². The molecule has 0 spiro atoms. The van der Waals surface area contributed by atoms with Gasteiger partial charge in [-0.15, -0.1) is 11.3 Å². The summed E-state index contributed by atoms with van der Waals surface area (Å²) >= 11 is 2.25. The second-order valence-electron chi connectivity index (χ2n) is 10.1. The molecule has 2 N–H and O–H groups in total. The van der Waals surface area contributed by atoms with Crippen LogP contribution in [0.4, 0.5) is 9.80 Å². The molecule has 4 rings (SSSR count). The summed E-state index contributed by atoms with van der Waals surface area (Å²) in [7, 11) is 1.28. The van der Waals surface area contributed by atoms with Crippen LogP contribution in [0.2, 0.25) is 0 Å². The first-order valence-corrected chi connectivity index (χ1v) is 14.0. The molecule has 1 aliphatic rings. The van der Waals surface area contributed by atoms with Crippen molar-refractivity contribution in [3.63, 3.8) is 0 Å². The molecule has 1 aliphatic heterocycles. The number of amides is 2. The second kappa shape index (κ2) is 11.3. The van der Waals surface area contributed by atoms with E-state index in [1.165, 1.54) is 23.1 Å². The Morgan fingerprint density at radius 2 is 1.92 bits per heavy atom. The summed E-state index contributed by atoms with van der Waals surface area (Å²) in [6, 6.07) is 7.45. The smallest absolute Gasteiger partial charge is 0.442 e. The number of esters is 1. The van der Waals surface area contributed by atoms with Crippen molar-refractivity contribution in [2.24, 2.45) is 0 Å². The monoisotopic (exact) mass is 575 g/mol. The van der Waals surface area contributed by atoms with Gasteiger partial charge in [0.2, 0.25) is 11.6 Å². The molecule has 0 aliphatic carbocycles. The number of aromatic amines is 1. The quantitative estimate of drug-likeness (QED) is 0.257. The normalized spacial score (nSPS) is 13.9. The second-order valence-corrected chi connectivity index (χ2v) is 12.5. The third-order valence-corrected chi connectivity index (χ3v) is 8.16. The Bertz CT molecular complexity index is 1450. The lowest BCUT2D eigenvalue weighted by Crippen LogP contribution is -2.39. The summed E-state index contributed by atoms with van der Waals surface area (Å²) in [6.45, 7) is 9.62. The third-order valence-electron chi connectivity index (χ3n) is 5.89. The van der Waals surface area contributed by atoms with E-state index in [2.05, 4.69) is 10.6 Å². The molecule has 39 heavy (non-hydrogen) atoms. The fourth-order valence-electron chi connectivity index (χ4n) is 3.95. The van der Waals surface area contributed by atoms with Crippen molar-refractivity contribution in [1.82, 2.24) is 10.2 Å². The van der Waals surface area contributed by atoms with Gasteiger partial charge in [0.05, 0.1) is 24.5 Å². The number of thioether (sulfide) groups is 1. The summed E-state index contributed by atoms with van der Waals surface area (Å²) < 4.78 is 17.0. The van der Waals surface area contributed by atoms with Crippen molar-refractivity contribution in [3.8, 4) is 5.69 Å². The Balaban J connectivity index is 1.54. The Labute approximate surface area is 233 Å². The lowest BCUT2D eigenvalue weighted by Gasteiger charge is -2.30. The Kier molecular flexibility index (Phi) is 8.21. The predicted octanol–water partition coefficient (Wildman–Crippen LogP) is 3.81. The van der Waals surface area contributed by atoms with Crippen LogP contribution >= 0.6 is 23.1 Å². The molecule has 3 aromatic rings. The molecule has 13 heteroatoms. The Morgan fingerprint density at radius 3 is 2.56 bits per heavy atom. The van der Waals surface area contributed by atoms with Gasteiger partial charge in [0.1, 0.15) is 10.6 Å². The lowest BCUT2D eigenvalue weighted by atomic mass is 10.0. The highest BCUT2D eigenvalue weighted by Crippen LogP contribution is 2.38. The maximum atomic E-state index is 13.2. The highest BCUT2D eigenvalue weighted by molar-refractivity contribution is 8.00. The summed E-state index contributed by atoms with van der Waals surface area (Å²) in [6.07, 6.45) is -0.0274. The topological polar surface area (TPSA) is 135 Å². The van der Waals surface area contributed by atoms with Crippen LogP contribution in [0, 0.1) is 6.92 Å². The first-order valence-electron chi connectivity index (χ1n) is 12.3. The van der Waals surface area contributed by atoms with Crippen molar-refractivity contribution < 1.29 is 33.1 Å². The number of hydrogen-bond donors (Lipinski definition) is 2. The van der Waals surface area contributed by atoms with Crippen LogP contribution in [0.5, 0.6) is 0 Å². The van der Waals surface area contributed by atoms with Crippen molar-refractivity contribution >= 4 is 46.1 Å². The molecule has 3 heterocycles. The number of carbonyl (C=O) groups is 3. The molecule has 2 amide bonds. The number of thiophene rings is 1. The summed E-state index contributed by atoms with van der Waals surface area (Å²) in [5.41, 5.74) is 1.51. The number of ether oxygens (including phenoxy) is 2. The van der Waals surface area contributed by atoms with Crippen LogP contribution in [-0.2, 0) is 27.2 Å². The van der Waals surface area contributed by atoms with Gasteiger partial charge >= 0.3 is 22.7 Å². The van der Waals surface area contributed by atoms with E-state index in [0.717, 1.165) is 27.8 Å². The van der Waals surface area contributed by atoms with Gasteiger partial charge in [-0.3, -0.25) is 9.32 Å². The molecule has 0 bridgehead atoms. The van der Waals surface area contributed by atoms with E-state index in [4.69, 9.17) is 14.0 Å². The number of nitrogens with one attached hydrogen (secondary N) is 2. The lowest BCUT2D eigenvalue weighted by molar-refractivity contribution is -0.704. The average molecular weight is 576 g/mol. The van der Waals surface area contributed by atoms with Gasteiger partial charge in [0, 0.05) is 23.6 Å². The fraction of sp³-hybridized carbons (Fsp3) is 0.423. The predicted molar refractivity (Wildman–Crippen MR) is 146 cm³/mol. The van der Waals surface area contributed by atoms with Gasteiger partial charge in [-0.2, -0.15) is 0 Å². The van der Waals surface area contributed by atoms with E-state index in [0.29, 0.717) is 23.7 Å². The van der Waals surface area contributed by atoms with E-state index >= 15 is 0 Å². The van der Waals surface area contributed by atoms with Crippen molar-refractivity contribution in [2.75, 3.05) is 19.0 Å². The van der Waals surface area contributed by atoms with Gasteiger partial charge in [0.15, 0.2) is 0 Å². The summed E-state index contributed by atoms with van der Waals surface area (Å²) in [4.78, 5) is 53.3. The number of rotatable bonds is 6. The third kappa shape index (κ3) is 6.36. The molecule has 2 aromatic heterocycles. The van der Waals surface area contributed by atoms with Crippen LogP contribution in [0.15, 0.2) is 38.6 Å². The largest absolute Gasteiger partial charge is 0.465 e. The number of methoxy groups -OCH3 is 1. The molecular formula is C26H31N4O7S2+. The minimum atomic E-state index is -0.719. The first-order chi connectivity index (χ1) is 18.4. The molecular weight excluding hydrogens is 544 g/mol. The molecule has 1 atom stereocenters. The molecule has 0 radical (unpaired) electrons. The molecule has 0 saturated carbocycles. The molecule has 0 fully saturated rings. The average Bonchev–Trinajstić information content (AvgIpc) is 3.42. The number of carbonyl (C=O) groups excluding carboxylic acids is 3. The number of hydrogen-bond acceptors (Lipinski definition) is 9. The van der Waals surface area contributed by atoms with Crippen LogP contribution in [-0.4, -0.2) is 52.6 Å². The number of aryl methyl sites for hydroxylation is 1. The Hall–Kier alpha value is -3.58. The van der Waals surface area contributed by atoms with Crippen LogP contribution in [0.25, 0.3) is 5.69 Å². The van der Waals surface area contributed by atoms with Gasteiger partial charge in [0.25, 0.3) is 0 Å². The van der Waals surface area contributed by atoms with Crippen molar-refractivity contribution in [2.45, 2.75) is 63.5 Å². The summed E-state index contributed by atoms with van der Waals surface area (Å²) in [5.74, 6) is -0.985. The maximum absolute atomic E-state index is 13.2. The highest BCUT2D eigenvalue weighted by Gasteiger charge is 2.34. The molecule has 208 valence electrons. The minimum Gasteiger partial charge on any atom is -0.465 e. The number of aromatic nitrogens is 2. The van der Waals surface area contributed by atoms with Crippen LogP contribution < -0.4 is 15.6 Å². The number of benzene rings is 1. The number of anilines is 1. The van der Waals surface area contributed by atoms with Crippen molar-refractivity contribution in [1.29, 1.82) is 0 Å². The highest BCUT2D eigenvalue weighted by atomic mass is 32.2. The zero-order valence-electron chi connectivity index (χ0n) is 22.6. The zero-order chi connectivity index (χ0) is 28.5. The Morgan fingerprint density at radius 1 is 1.23 bits per heavy atom. The summed E-state index contributed by atoms with van der Waals surface area (Å²) in [5, 5.41) is 5.22. The molecule has 1 unspecified atom stereocenters. The molecule has 1 aromatic carbocycles. The fourth-order valence-corrected chi connectivity index (χ4v) is 6.10. The van der Waals surface area contributed by atoms with E-state index < -0.39 is 34.4 Å². The van der Waals surface area contributed by atoms with E-state index in [9.17, 15) is 19.2 Å². The number of fused-ring (bicyclic) bond motifs is 1. The van der Waals surface area contributed by atoms with Gasteiger partial charge in [-0.25, -0.2) is 14.4 Å². The molecule has 11 nitrogen and oxygen atoms in total. The van der Waals surface area contributed by atoms with E-state index in [-0.39, 0.29) is 17.1 Å². The minimum absolute atomic E-state index is 0.202. The van der Waals surface area contributed by atoms with E-state index in [1.54, 1.807) is 32.6 Å². The van der Waals surface area contributed by atoms with Gasteiger partial charge in [-0.1, -0.05) is 17.7 Å². The van der Waals surface area contributed by atoms with Gasteiger partial charge in [-0.05, 0) is 68.3 Å². The number of nitrogens with zero attached hydrogens (tertiary/aromatic N) is 2. The van der Waals surface area contributed by atoms with Crippen LogP contribution in [0.3, 0.4) is 0 Å².